The first-order valence-electron chi connectivity index (χ1n) is 10.2. The normalized spacial score (nSPS) is 10.2. The van der Waals surface area contributed by atoms with Crippen molar-refractivity contribution in [3.05, 3.63) is 59.7 Å². The Morgan fingerprint density at radius 3 is 1.83 bits per heavy atom. The molecule has 0 aliphatic heterocycles. The Kier molecular flexibility index (Phi) is 17.1. The van der Waals surface area contributed by atoms with Crippen molar-refractivity contribution in [1.82, 2.24) is 10.6 Å². The number of rotatable bonds is 14. The van der Waals surface area contributed by atoms with E-state index >= 15 is 0 Å². The van der Waals surface area contributed by atoms with Gasteiger partial charge in [0.15, 0.2) is 11.5 Å². The number of phenolic OH excluding ortho intramolecular Hbond substituents is 2. The molecule has 6 heteroatoms. The molecule has 4 N–H and O–H groups in total. The SMILES string of the molecule is Br.Br.Oc1ccc(CCNCCCCCCNCCCc2ccccc2)cc1O. The lowest BCUT2D eigenvalue weighted by Gasteiger charge is -2.07. The van der Waals surface area contributed by atoms with E-state index in [0.29, 0.717) is 0 Å². The summed E-state index contributed by atoms with van der Waals surface area (Å²) in [6, 6.07) is 15.7. The van der Waals surface area contributed by atoms with E-state index in [4.69, 9.17) is 0 Å². The zero-order valence-corrected chi connectivity index (χ0v) is 20.5. The molecule has 0 fully saturated rings. The molecule has 0 aromatic heterocycles. The molecule has 0 heterocycles. The maximum atomic E-state index is 9.47. The van der Waals surface area contributed by atoms with Gasteiger partial charge in [0.1, 0.15) is 0 Å². The minimum atomic E-state index is -0.0580. The van der Waals surface area contributed by atoms with Crippen molar-refractivity contribution < 1.29 is 10.2 Å². The molecule has 164 valence electrons. The van der Waals surface area contributed by atoms with Crippen LogP contribution in [0, 0.1) is 0 Å². The van der Waals surface area contributed by atoms with Crippen LogP contribution >= 0.6 is 34.0 Å². The Morgan fingerprint density at radius 2 is 1.17 bits per heavy atom. The molecular weight excluding hydrogens is 496 g/mol. The van der Waals surface area contributed by atoms with Gasteiger partial charge in [0, 0.05) is 0 Å². The second kappa shape index (κ2) is 17.8. The van der Waals surface area contributed by atoms with Crippen LogP contribution < -0.4 is 10.6 Å². The summed E-state index contributed by atoms with van der Waals surface area (Å²) in [6.45, 7) is 4.15. The fraction of sp³-hybridized carbons (Fsp3) is 0.478. The highest BCUT2D eigenvalue weighted by atomic mass is 79.9. The van der Waals surface area contributed by atoms with Gasteiger partial charge in [0.2, 0.25) is 0 Å². The first-order valence-corrected chi connectivity index (χ1v) is 10.2. The zero-order chi connectivity index (χ0) is 19.2. The fourth-order valence-corrected chi connectivity index (χ4v) is 3.12. The standard InChI is InChI=1S/C23H34N2O2.2BrH/c26-22-13-12-21(19-23(22)27)14-18-25-16-7-2-1-6-15-24-17-8-11-20-9-4-3-5-10-20;;/h3-5,9-10,12-13,19,24-27H,1-2,6-8,11,14-18H2;2*1H. The lowest BCUT2D eigenvalue weighted by molar-refractivity contribution is 0.403. The average molecular weight is 532 g/mol. The molecule has 4 nitrogen and oxygen atoms in total. The zero-order valence-electron chi connectivity index (χ0n) is 17.1. The van der Waals surface area contributed by atoms with Gasteiger partial charge in [-0.3, -0.25) is 0 Å². The van der Waals surface area contributed by atoms with Crippen LogP contribution in [0.2, 0.25) is 0 Å². The van der Waals surface area contributed by atoms with E-state index in [2.05, 4.69) is 41.0 Å². The Bertz CT molecular complexity index is 642. The maximum Gasteiger partial charge on any atom is 0.157 e. The lowest BCUT2D eigenvalue weighted by Crippen LogP contribution is -2.19. The van der Waals surface area contributed by atoms with Gasteiger partial charge in [-0.1, -0.05) is 49.2 Å². The van der Waals surface area contributed by atoms with Crippen molar-refractivity contribution in [3.8, 4) is 11.5 Å². The summed E-state index contributed by atoms with van der Waals surface area (Å²) < 4.78 is 0. The summed E-state index contributed by atoms with van der Waals surface area (Å²) in [7, 11) is 0. The molecule has 0 amide bonds. The van der Waals surface area contributed by atoms with Crippen LogP contribution in [0.25, 0.3) is 0 Å². The van der Waals surface area contributed by atoms with Crippen LogP contribution in [0.3, 0.4) is 0 Å². The van der Waals surface area contributed by atoms with Crippen molar-refractivity contribution in [3.63, 3.8) is 0 Å². The summed E-state index contributed by atoms with van der Waals surface area (Å²) in [4.78, 5) is 0. The lowest BCUT2D eigenvalue weighted by atomic mass is 10.1. The predicted octanol–water partition coefficient (Wildman–Crippen LogP) is 5.17. The van der Waals surface area contributed by atoms with Crippen LogP contribution in [-0.2, 0) is 12.8 Å². The highest BCUT2D eigenvalue weighted by Crippen LogP contribution is 2.24. The molecule has 0 spiro atoms. The van der Waals surface area contributed by atoms with Crippen LogP contribution in [0.5, 0.6) is 11.5 Å². The number of hydrogen-bond acceptors (Lipinski definition) is 4. The topological polar surface area (TPSA) is 64.5 Å². The molecule has 0 aliphatic rings. The molecule has 0 unspecified atom stereocenters. The quantitative estimate of drug-likeness (QED) is 0.200. The Balaban J connectivity index is 0.00000392. The predicted molar refractivity (Wildman–Crippen MR) is 133 cm³/mol. The van der Waals surface area contributed by atoms with Crippen molar-refractivity contribution in [2.75, 3.05) is 26.2 Å². The molecule has 2 rings (SSSR count). The fourth-order valence-electron chi connectivity index (χ4n) is 3.12. The van der Waals surface area contributed by atoms with E-state index in [0.717, 1.165) is 44.6 Å². The summed E-state index contributed by atoms with van der Waals surface area (Å²) in [5.41, 5.74) is 2.46. The molecule has 0 radical (unpaired) electrons. The molecule has 0 saturated heterocycles. The summed E-state index contributed by atoms with van der Waals surface area (Å²) in [5.74, 6) is -0.0985. The summed E-state index contributed by atoms with van der Waals surface area (Å²) in [5, 5.41) is 25.7. The number of unbranched alkanes of at least 4 members (excludes halogenated alkanes) is 3. The highest BCUT2D eigenvalue weighted by molar-refractivity contribution is 8.93. The molecule has 0 saturated carbocycles. The molecular formula is C23H36Br2N2O2. The van der Waals surface area contributed by atoms with E-state index in [9.17, 15) is 10.2 Å². The van der Waals surface area contributed by atoms with Crippen LogP contribution in [0.1, 0.15) is 43.2 Å². The molecule has 29 heavy (non-hydrogen) atoms. The smallest absolute Gasteiger partial charge is 0.157 e. The van der Waals surface area contributed by atoms with Crippen LogP contribution in [-0.4, -0.2) is 36.4 Å². The van der Waals surface area contributed by atoms with E-state index in [-0.39, 0.29) is 45.5 Å². The number of aryl methyl sites for hydroxylation is 1. The number of benzene rings is 2. The van der Waals surface area contributed by atoms with Gasteiger partial charge >= 0.3 is 0 Å². The minimum Gasteiger partial charge on any atom is -0.504 e. The van der Waals surface area contributed by atoms with Crippen LogP contribution in [0.15, 0.2) is 48.5 Å². The highest BCUT2D eigenvalue weighted by Gasteiger charge is 2.00. The van der Waals surface area contributed by atoms with Gasteiger partial charge in [-0.15, -0.1) is 34.0 Å². The molecule has 2 aromatic carbocycles. The third-order valence-electron chi connectivity index (χ3n) is 4.75. The molecule has 0 atom stereocenters. The first kappa shape index (κ1) is 27.9. The maximum absolute atomic E-state index is 9.47. The number of nitrogens with one attached hydrogen (secondary N) is 2. The second-order valence-electron chi connectivity index (χ2n) is 7.08. The average Bonchev–Trinajstić information content (AvgIpc) is 2.69. The van der Waals surface area contributed by atoms with Crippen molar-refractivity contribution in [2.24, 2.45) is 0 Å². The molecule has 0 bridgehead atoms. The van der Waals surface area contributed by atoms with E-state index in [1.54, 1.807) is 12.1 Å². The van der Waals surface area contributed by atoms with Gasteiger partial charge in [0.25, 0.3) is 0 Å². The molecule has 0 aliphatic carbocycles. The van der Waals surface area contributed by atoms with Gasteiger partial charge < -0.3 is 20.8 Å². The van der Waals surface area contributed by atoms with Crippen molar-refractivity contribution >= 4 is 34.0 Å². The van der Waals surface area contributed by atoms with Gasteiger partial charge in [-0.05, 0) is 81.5 Å². The van der Waals surface area contributed by atoms with E-state index in [1.807, 2.05) is 6.07 Å². The monoisotopic (exact) mass is 530 g/mol. The number of aromatic hydroxyl groups is 2. The first-order chi connectivity index (χ1) is 13.3. The third kappa shape index (κ3) is 13.0. The van der Waals surface area contributed by atoms with Gasteiger partial charge in [-0.2, -0.15) is 0 Å². The second-order valence-corrected chi connectivity index (χ2v) is 7.08. The van der Waals surface area contributed by atoms with Gasteiger partial charge in [-0.25, -0.2) is 0 Å². The number of hydrogen-bond donors (Lipinski definition) is 4. The van der Waals surface area contributed by atoms with Crippen LogP contribution in [0.4, 0.5) is 0 Å². The largest absolute Gasteiger partial charge is 0.504 e. The minimum absolute atomic E-state index is 0. The van der Waals surface area contributed by atoms with Crippen molar-refractivity contribution in [2.45, 2.75) is 44.9 Å². The van der Waals surface area contributed by atoms with Gasteiger partial charge in [0.05, 0.1) is 0 Å². The van der Waals surface area contributed by atoms with E-state index < -0.39 is 0 Å². The Labute approximate surface area is 196 Å². The van der Waals surface area contributed by atoms with Crippen molar-refractivity contribution in [1.29, 1.82) is 0 Å². The Morgan fingerprint density at radius 1 is 0.552 bits per heavy atom. The summed E-state index contributed by atoms with van der Waals surface area (Å²) in [6.07, 6.45) is 8.21. The molecule has 2 aromatic rings. The van der Waals surface area contributed by atoms with E-state index in [1.165, 1.54) is 37.7 Å². The third-order valence-corrected chi connectivity index (χ3v) is 4.75. The summed E-state index contributed by atoms with van der Waals surface area (Å²) >= 11 is 0. The number of phenols is 2. The Hall–Kier alpha value is -1.08. The number of halogens is 2.